The van der Waals surface area contributed by atoms with E-state index in [1.807, 2.05) is 19.1 Å². The van der Waals surface area contributed by atoms with Gasteiger partial charge < -0.3 is 4.74 Å². The number of halogens is 1. The van der Waals surface area contributed by atoms with Crippen LogP contribution >= 0.6 is 11.6 Å². The van der Waals surface area contributed by atoms with Crippen molar-refractivity contribution >= 4 is 34.0 Å². The predicted molar refractivity (Wildman–Crippen MR) is 107 cm³/mol. The number of benzene rings is 2. The number of hydrogen-bond acceptors (Lipinski definition) is 5. The third-order valence-electron chi connectivity index (χ3n) is 4.51. The number of hydrazone groups is 1. The lowest BCUT2D eigenvalue weighted by atomic mass is 10.0. The van der Waals surface area contributed by atoms with Crippen LogP contribution in [0.5, 0.6) is 5.75 Å². The average Bonchev–Trinajstić information content (AvgIpc) is 2.89. The summed E-state index contributed by atoms with van der Waals surface area (Å²) in [5.74, 6) is 0.0656. The van der Waals surface area contributed by atoms with Crippen LogP contribution in [0.4, 0.5) is 0 Å². The van der Waals surface area contributed by atoms with Gasteiger partial charge >= 0.3 is 0 Å². The number of H-pyrrole nitrogens is 1. The molecule has 0 saturated carbocycles. The maximum atomic E-state index is 12.7. The first-order valence-corrected chi connectivity index (χ1v) is 9.20. The molecule has 1 aromatic heterocycles. The van der Waals surface area contributed by atoms with Crippen LogP contribution in [0.1, 0.15) is 34.5 Å². The summed E-state index contributed by atoms with van der Waals surface area (Å²) in [6, 6.07) is 10.6. The number of nitrogens with zero attached hydrogens (tertiary/aromatic N) is 2. The minimum atomic E-state index is -0.509. The summed E-state index contributed by atoms with van der Waals surface area (Å²) in [4.78, 5) is 24.6. The number of nitrogens with one attached hydrogen (secondary N) is 2. The number of aryl methyl sites for hydroxylation is 1. The second-order valence-electron chi connectivity index (χ2n) is 6.52. The molecular formula is C20H17ClN4O3. The first-order chi connectivity index (χ1) is 13.5. The third-order valence-corrected chi connectivity index (χ3v) is 4.79. The van der Waals surface area contributed by atoms with E-state index in [1.54, 1.807) is 24.3 Å². The van der Waals surface area contributed by atoms with Gasteiger partial charge in [-0.3, -0.25) is 9.59 Å². The molecule has 0 bridgehead atoms. The molecule has 0 aliphatic carbocycles. The quantitative estimate of drug-likeness (QED) is 0.650. The number of carbonyl (C=O) groups excluding carboxylic acids is 1. The molecule has 3 aromatic rings. The number of aromatic nitrogens is 2. The second-order valence-corrected chi connectivity index (χ2v) is 6.93. The SMILES string of the molecule is Cc1cc(Cl)c2c(c1)/C(=N/NC(=O)c1n[nH]c(=O)c3ccccc13)CCCO2. The molecule has 4 rings (SSSR count). The van der Waals surface area contributed by atoms with Crippen molar-refractivity contribution in [2.24, 2.45) is 5.10 Å². The van der Waals surface area contributed by atoms with Gasteiger partial charge in [-0.05, 0) is 43.5 Å². The molecule has 0 saturated heterocycles. The number of hydrogen-bond donors (Lipinski definition) is 2. The van der Waals surface area contributed by atoms with Crippen LogP contribution in [0.15, 0.2) is 46.3 Å². The highest BCUT2D eigenvalue weighted by Crippen LogP contribution is 2.33. The highest BCUT2D eigenvalue weighted by atomic mass is 35.5. The fourth-order valence-corrected chi connectivity index (χ4v) is 3.54. The van der Waals surface area contributed by atoms with Crippen molar-refractivity contribution in [3.05, 3.63) is 68.6 Å². The molecule has 1 amide bonds. The van der Waals surface area contributed by atoms with Gasteiger partial charge in [0, 0.05) is 10.9 Å². The van der Waals surface area contributed by atoms with Gasteiger partial charge in [0.1, 0.15) is 5.75 Å². The van der Waals surface area contributed by atoms with Gasteiger partial charge in [0.25, 0.3) is 11.5 Å². The summed E-state index contributed by atoms with van der Waals surface area (Å²) in [5.41, 5.74) is 4.73. The van der Waals surface area contributed by atoms with Crippen molar-refractivity contribution in [3.8, 4) is 5.75 Å². The predicted octanol–water partition coefficient (Wildman–Crippen LogP) is 3.19. The molecule has 0 fully saturated rings. The molecule has 8 heteroatoms. The van der Waals surface area contributed by atoms with Crippen molar-refractivity contribution in [1.29, 1.82) is 0 Å². The molecule has 0 spiro atoms. The Morgan fingerprint density at radius 3 is 2.89 bits per heavy atom. The van der Waals surface area contributed by atoms with E-state index in [1.165, 1.54) is 0 Å². The molecule has 2 N–H and O–H groups in total. The zero-order valence-corrected chi connectivity index (χ0v) is 15.8. The molecule has 28 heavy (non-hydrogen) atoms. The fourth-order valence-electron chi connectivity index (χ4n) is 3.21. The zero-order valence-electron chi connectivity index (χ0n) is 15.1. The lowest BCUT2D eigenvalue weighted by Gasteiger charge is -2.11. The number of aromatic amines is 1. The summed E-state index contributed by atoms with van der Waals surface area (Å²) in [5, 5.41) is 11.9. The summed E-state index contributed by atoms with van der Waals surface area (Å²) in [6.07, 6.45) is 1.38. The monoisotopic (exact) mass is 396 g/mol. The van der Waals surface area contributed by atoms with E-state index >= 15 is 0 Å². The van der Waals surface area contributed by atoms with Gasteiger partial charge in [0.05, 0.1) is 22.7 Å². The lowest BCUT2D eigenvalue weighted by molar-refractivity contribution is 0.0950. The topological polar surface area (TPSA) is 96.4 Å². The Bertz CT molecular complexity index is 1170. The van der Waals surface area contributed by atoms with Crippen LogP contribution in [0, 0.1) is 6.92 Å². The van der Waals surface area contributed by atoms with Gasteiger partial charge in [-0.2, -0.15) is 10.2 Å². The third kappa shape index (κ3) is 3.36. The van der Waals surface area contributed by atoms with Crippen LogP contribution < -0.4 is 15.7 Å². The van der Waals surface area contributed by atoms with Crippen molar-refractivity contribution in [1.82, 2.24) is 15.6 Å². The molecule has 7 nitrogen and oxygen atoms in total. The smallest absolute Gasteiger partial charge is 0.292 e. The van der Waals surface area contributed by atoms with Crippen LogP contribution in [0.2, 0.25) is 5.02 Å². The van der Waals surface area contributed by atoms with Crippen LogP contribution in [-0.4, -0.2) is 28.4 Å². The first-order valence-electron chi connectivity index (χ1n) is 8.82. The maximum absolute atomic E-state index is 12.7. The van der Waals surface area contributed by atoms with E-state index in [4.69, 9.17) is 16.3 Å². The van der Waals surface area contributed by atoms with E-state index in [0.717, 1.165) is 17.5 Å². The van der Waals surface area contributed by atoms with Crippen molar-refractivity contribution < 1.29 is 9.53 Å². The van der Waals surface area contributed by atoms with Gasteiger partial charge in [0.2, 0.25) is 0 Å². The van der Waals surface area contributed by atoms with Gasteiger partial charge in [-0.15, -0.1) is 0 Å². The Labute approximate surface area is 165 Å². The maximum Gasteiger partial charge on any atom is 0.292 e. The van der Waals surface area contributed by atoms with E-state index in [0.29, 0.717) is 40.3 Å². The van der Waals surface area contributed by atoms with E-state index in [2.05, 4.69) is 20.7 Å². The highest BCUT2D eigenvalue weighted by Gasteiger charge is 2.20. The standard InChI is InChI=1S/C20H17ClN4O3/c1-11-9-14-16(7-4-8-28-18(14)15(21)10-11)22-25-20(27)17-12-5-2-3-6-13(12)19(26)24-23-17/h2-3,5-6,9-10H,4,7-8H2,1H3,(H,24,26)(H,25,27)/b22-16+. The molecular weight excluding hydrogens is 380 g/mol. The number of ether oxygens (including phenoxy) is 1. The average molecular weight is 397 g/mol. The number of rotatable bonds is 2. The first kappa shape index (κ1) is 18.2. The minimum Gasteiger partial charge on any atom is -0.491 e. The molecule has 1 aliphatic rings. The number of carbonyl (C=O) groups is 1. The van der Waals surface area contributed by atoms with Crippen molar-refractivity contribution in [3.63, 3.8) is 0 Å². The Morgan fingerprint density at radius 2 is 2.07 bits per heavy atom. The number of fused-ring (bicyclic) bond motifs is 2. The largest absolute Gasteiger partial charge is 0.491 e. The van der Waals surface area contributed by atoms with Crippen LogP contribution in [0.3, 0.4) is 0 Å². The summed E-state index contributed by atoms with van der Waals surface area (Å²) >= 11 is 6.31. The van der Waals surface area contributed by atoms with Gasteiger partial charge in [-0.1, -0.05) is 29.8 Å². The molecule has 0 unspecified atom stereocenters. The Kier molecular flexibility index (Phi) is 4.83. The van der Waals surface area contributed by atoms with Gasteiger partial charge in [-0.25, -0.2) is 10.5 Å². The normalized spacial score (nSPS) is 15.0. The number of amides is 1. The summed E-state index contributed by atoms with van der Waals surface area (Å²) in [6.45, 7) is 2.46. The van der Waals surface area contributed by atoms with Crippen molar-refractivity contribution in [2.75, 3.05) is 6.61 Å². The lowest BCUT2D eigenvalue weighted by Crippen LogP contribution is -2.24. The molecule has 2 aromatic carbocycles. The zero-order chi connectivity index (χ0) is 19.7. The second kappa shape index (κ2) is 7.44. The van der Waals surface area contributed by atoms with Crippen molar-refractivity contribution in [2.45, 2.75) is 19.8 Å². The van der Waals surface area contributed by atoms with E-state index in [-0.39, 0.29) is 11.3 Å². The molecule has 142 valence electrons. The molecule has 2 heterocycles. The van der Waals surface area contributed by atoms with Crippen LogP contribution in [-0.2, 0) is 0 Å². The molecule has 0 radical (unpaired) electrons. The van der Waals surface area contributed by atoms with Crippen LogP contribution in [0.25, 0.3) is 10.8 Å². The summed E-state index contributed by atoms with van der Waals surface area (Å²) in [7, 11) is 0. The van der Waals surface area contributed by atoms with Gasteiger partial charge in [0.15, 0.2) is 5.69 Å². The highest BCUT2D eigenvalue weighted by molar-refractivity contribution is 6.33. The fraction of sp³-hybridized carbons (Fsp3) is 0.200. The Hall–Kier alpha value is -3.19. The van der Waals surface area contributed by atoms with E-state index in [9.17, 15) is 9.59 Å². The summed E-state index contributed by atoms with van der Waals surface area (Å²) < 4.78 is 5.75. The van der Waals surface area contributed by atoms with E-state index < -0.39 is 5.91 Å². The minimum absolute atomic E-state index is 0.104. The molecule has 0 atom stereocenters. The molecule has 1 aliphatic heterocycles. The Balaban J connectivity index is 1.70. The Morgan fingerprint density at radius 1 is 1.29 bits per heavy atom.